The van der Waals surface area contributed by atoms with Gasteiger partial charge in [-0.3, -0.25) is 4.79 Å². The third kappa shape index (κ3) is 4.03. The number of hydrogen-bond acceptors (Lipinski definition) is 3. The molecule has 1 aromatic heterocycles. The summed E-state index contributed by atoms with van der Waals surface area (Å²) in [6.07, 6.45) is 0.841. The Morgan fingerprint density at radius 3 is 3.00 bits per heavy atom. The summed E-state index contributed by atoms with van der Waals surface area (Å²) in [5.74, 6) is 0. The minimum Gasteiger partial charge on any atom is -0.392 e. The van der Waals surface area contributed by atoms with E-state index in [0.717, 1.165) is 0 Å². The highest BCUT2D eigenvalue weighted by atomic mass is 79.9. The first-order chi connectivity index (χ1) is 7.49. The summed E-state index contributed by atoms with van der Waals surface area (Å²) in [6, 6.07) is 0.949. The largest absolute Gasteiger partial charge is 0.392 e. The molecule has 0 aliphatic heterocycles. The number of pyridine rings is 1. The smallest absolute Gasteiger partial charge is 0.319 e. The van der Waals surface area contributed by atoms with E-state index in [1.54, 1.807) is 6.92 Å². The van der Waals surface area contributed by atoms with Crippen molar-refractivity contribution in [2.75, 3.05) is 11.9 Å². The summed E-state index contributed by atoms with van der Waals surface area (Å²) in [5.41, 5.74) is -0.257. The minimum atomic E-state index is -0.633. The average Bonchev–Trinajstić information content (AvgIpc) is 2.20. The zero-order valence-electron chi connectivity index (χ0n) is 8.58. The van der Waals surface area contributed by atoms with Crippen LogP contribution in [-0.4, -0.2) is 28.8 Å². The number of aromatic nitrogens is 1. The molecular weight excluding hydrogens is 278 g/mol. The van der Waals surface area contributed by atoms with Crippen LogP contribution in [-0.2, 0) is 0 Å². The minimum absolute atomic E-state index is 0.123. The summed E-state index contributed by atoms with van der Waals surface area (Å²) in [4.78, 5) is 25.0. The molecule has 6 nitrogen and oxygen atoms in total. The maximum atomic E-state index is 11.3. The van der Waals surface area contributed by atoms with E-state index in [0.29, 0.717) is 4.47 Å². The van der Waals surface area contributed by atoms with Gasteiger partial charge in [-0.2, -0.15) is 0 Å². The lowest BCUT2D eigenvalue weighted by atomic mass is 10.4. The van der Waals surface area contributed by atoms with Crippen LogP contribution in [0.4, 0.5) is 10.5 Å². The number of urea groups is 1. The fourth-order valence-corrected chi connectivity index (χ4v) is 1.30. The van der Waals surface area contributed by atoms with Crippen LogP contribution in [0.5, 0.6) is 0 Å². The lowest BCUT2D eigenvalue weighted by molar-refractivity contribution is 0.190. The Labute approximate surface area is 100 Å². The van der Waals surface area contributed by atoms with Crippen molar-refractivity contribution in [3.05, 3.63) is 27.1 Å². The molecule has 0 radical (unpaired) electrons. The monoisotopic (exact) mass is 289 g/mol. The van der Waals surface area contributed by atoms with E-state index >= 15 is 0 Å². The topological polar surface area (TPSA) is 94.2 Å². The molecule has 1 rings (SSSR count). The molecule has 16 heavy (non-hydrogen) atoms. The van der Waals surface area contributed by atoms with Crippen LogP contribution in [0, 0.1) is 0 Å². The van der Waals surface area contributed by atoms with Gasteiger partial charge in [-0.1, -0.05) is 0 Å². The van der Waals surface area contributed by atoms with Crippen molar-refractivity contribution in [2.45, 2.75) is 13.0 Å². The second-order valence-electron chi connectivity index (χ2n) is 3.24. The normalized spacial score (nSPS) is 11.9. The van der Waals surface area contributed by atoms with Gasteiger partial charge in [0, 0.05) is 17.2 Å². The molecule has 0 spiro atoms. The summed E-state index contributed by atoms with van der Waals surface area (Å²) in [7, 11) is 0. The lowest BCUT2D eigenvalue weighted by Crippen LogP contribution is -2.35. The molecule has 0 bridgehead atoms. The summed E-state index contributed by atoms with van der Waals surface area (Å²) in [6.45, 7) is 1.67. The number of H-pyrrole nitrogens is 1. The number of aliphatic hydroxyl groups is 1. The van der Waals surface area contributed by atoms with Gasteiger partial charge in [-0.25, -0.2) is 4.79 Å². The van der Waals surface area contributed by atoms with Gasteiger partial charge in [0.15, 0.2) is 0 Å². The molecule has 7 heteroatoms. The molecule has 88 valence electrons. The maximum Gasteiger partial charge on any atom is 0.319 e. The molecule has 4 N–H and O–H groups in total. The first kappa shape index (κ1) is 12.7. The zero-order valence-corrected chi connectivity index (χ0v) is 10.2. The molecular formula is C9H12BrN3O3. The number of anilines is 1. The van der Waals surface area contributed by atoms with Gasteiger partial charge in [0.2, 0.25) is 0 Å². The Hall–Kier alpha value is -1.34. The van der Waals surface area contributed by atoms with E-state index in [1.807, 2.05) is 0 Å². The number of carbonyl (C=O) groups is 1. The predicted molar refractivity (Wildman–Crippen MR) is 63.5 cm³/mol. The van der Waals surface area contributed by atoms with Crippen LogP contribution in [0.25, 0.3) is 0 Å². The van der Waals surface area contributed by atoms with Crippen molar-refractivity contribution < 1.29 is 9.90 Å². The van der Waals surface area contributed by atoms with E-state index < -0.39 is 17.7 Å². The Morgan fingerprint density at radius 2 is 2.38 bits per heavy atom. The predicted octanol–water partition coefficient (Wildman–Crippen LogP) is 0.640. The number of hydrogen-bond donors (Lipinski definition) is 4. The van der Waals surface area contributed by atoms with Crippen molar-refractivity contribution in [1.82, 2.24) is 10.3 Å². The van der Waals surface area contributed by atoms with Crippen molar-refractivity contribution in [1.29, 1.82) is 0 Å². The number of aromatic amines is 1. The number of carbonyl (C=O) groups excluding carboxylic acids is 1. The highest BCUT2D eigenvalue weighted by Gasteiger charge is 2.06. The zero-order chi connectivity index (χ0) is 12.1. The van der Waals surface area contributed by atoms with Gasteiger partial charge in [0.1, 0.15) is 5.69 Å². The molecule has 0 aromatic carbocycles. The molecule has 0 aliphatic carbocycles. The Kier molecular flexibility index (Phi) is 4.51. The molecule has 2 amide bonds. The summed E-state index contributed by atoms with van der Waals surface area (Å²) < 4.78 is 0.651. The lowest BCUT2D eigenvalue weighted by Gasteiger charge is -2.08. The van der Waals surface area contributed by atoms with E-state index in [-0.39, 0.29) is 12.2 Å². The molecule has 1 aromatic rings. The van der Waals surface area contributed by atoms with Crippen LogP contribution < -0.4 is 16.2 Å². The van der Waals surface area contributed by atoms with Gasteiger partial charge in [0.05, 0.1) is 6.10 Å². The molecule has 0 fully saturated rings. The molecule has 1 heterocycles. The van der Waals surface area contributed by atoms with Crippen LogP contribution >= 0.6 is 15.9 Å². The van der Waals surface area contributed by atoms with E-state index in [9.17, 15) is 9.59 Å². The van der Waals surface area contributed by atoms with Gasteiger partial charge in [-0.15, -0.1) is 0 Å². The third-order valence-electron chi connectivity index (χ3n) is 1.67. The Morgan fingerprint density at radius 1 is 1.69 bits per heavy atom. The fourth-order valence-electron chi connectivity index (χ4n) is 0.957. The van der Waals surface area contributed by atoms with E-state index in [4.69, 9.17) is 5.11 Å². The number of rotatable bonds is 3. The maximum absolute atomic E-state index is 11.3. The van der Waals surface area contributed by atoms with Crippen LogP contribution in [0.1, 0.15) is 6.92 Å². The van der Waals surface area contributed by atoms with Gasteiger partial charge < -0.3 is 20.7 Å². The third-order valence-corrected chi connectivity index (χ3v) is 2.13. The molecule has 0 aliphatic rings. The van der Waals surface area contributed by atoms with E-state index in [1.165, 1.54) is 12.3 Å². The SMILES string of the molecule is CC(O)CNC(=O)Nc1cc(Br)c[nH]c1=O. The van der Waals surface area contributed by atoms with Crippen LogP contribution in [0.15, 0.2) is 21.5 Å². The number of amides is 2. The van der Waals surface area contributed by atoms with E-state index in [2.05, 4.69) is 31.5 Å². The first-order valence-corrected chi connectivity index (χ1v) is 5.39. The summed E-state index contributed by atoms with van der Waals surface area (Å²) >= 11 is 3.17. The molecule has 1 unspecified atom stereocenters. The van der Waals surface area contributed by atoms with Crippen LogP contribution in [0.3, 0.4) is 0 Å². The van der Waals surface area contributed by atoms with Crippen molar-refractivity contribution in [2.24, 2.45) is 0 Å². The first-order valence-electron chi connectivity index (χ1n) is 4.60. The number of aliphatic hydroxyl groups excluding tert-OH is 1. The van der Waals surface area contributed by atoms with Gasteiger partial charge in [0.25, 0.3) is 5.56 Å². The average molecular weight is 290 g/mol. The highest BCUT2D eigenvalue weighted by molar-refractivity contribution is 9.10. The summed E-state index contributed by atoms with van der Waals surface area (Å²) in [5, 5.41) is 13.7. The molecule has 0 saturated carbocycles. The van der Waals surface area contributed by atoms with Crippen molar-refractivity contribution in [3.8, 4) is 0 Å². The fraction of sp³-hybridized carbons (Fsp3) is 0.333. The number of halogens is 1. The molecule has 0 saturated heterocycles. The Bertz CT molecular complexity index is 430. The Balaban J connectivity index is 2.62. The highest BCUT2D eigenvalue weighted by Crippen LogP contribution is 2.09. The van der Waals surface area contributed by atoms with Gasteiger partial charge >= 0.3 is 6.03 Å². The van der Waals surface area contributed by atoms with Crippen LogP contribution in [0.2, 0.25) is 0 Å². The standard InChI is InChI=1S/C9H12BrN3O3/c1-5(14)3-12-9(16)13-7-2-6(10)4-11-8(7)15/h2,4-5,14H,3H2,1H3,(H,11,15)(H2,12,13,16). The quantitative estimate of drug-likeness (QED) is 0.658. The van der Waals surface area contributed by atoms with Gasteiger partial charge in [-0.05, 0) is 28.9 Å². The van der Waals surface area contributed by atoms with Crippen molar-refractivity contribution >= 4 is 27.6 Å². The second-order valence-corrected chi connectivity index (χ2v) is 4.16. The molecule has 1 atom stereocenters. The second kappa shape index (κ2) is 5.66. The number of nitrogens with one attached hydrogen (secondary N) is 3. The van der Waals surface area contributed by atoms with Crippen molar-refractivity contribution in [3.63, 3.8) is 0 Å².